The fraction of sp³-hybridized carbons (Fsp3) is 0.200. The van der Waals surface area contributed by atoms with Gasteiger partial charge in [-0.25, -0.2) is 5.43 Å². The van der Waals surface area contributed by atoms with Gasteiger partial charge in [0.05, 0.1) is 19.7 Å². The zero-order valence-electron chi connectivity index (χ0n) is 18.3. The Bertz CT molecular complexity index is 1220. The van der Waals surface area contributed by atoms with Crippen molar-refractivity contribution in [2.45, 2.75) is 13.0 Å². The van der Waals surface area contributed by atoms with Gasteiger partial charge in [0.1, 0.15) is 19.8 Å². The van der Waals surface area contributed by atoms with Crippen molar-refractivity contribution < 1.29 is 23.7 Å². The van der Waals surface area contributed by atoms with Crippen LogP contribution in [0.3, 0.4) is 0 Å². The molecule has 0 spiro atoms. The van der Waals surface area contributed by atoms with Crippen LogP contribution in [0.15, 0.2) is 59.7 Å². The van der Waals surface area contributed by atoms with E-state index in [4.69, 9.17) is 42.1 Å². The first-order valence-electron chi connectivity index (χ1n) is 10.5. The first-order chi connectivity index (χ1) is 16.5. The zero-order valence-corrected chi connectivity index (χ0v) is 19.9. The minimum absolute atomic E-state index is 0.164. The molecule has 0 aliphatic carbocycles. The number of carbonyl (C=O) groups excluding carboxylic acids is 1. The molecule has 1 aliphatic heterocycles. The van der Waals surface area contributed by atoms with E-state index in [0.717, 1.165) is 16.7 Å². The van der Waals surface area contributed by atoms with E-state index >= 15 is 0 Å². The van der Waals surface area contributed by atoms with Gasteiger partial charge < -0.3 is 18.9 Å². The Kier molecular flexibility index (Phi) is 7.77. The van der Waals surface area contributed by atoms with Gasteiger partial charge in [0.25, 0.3) is 0 Å². The van der Waals surface area contributed by atoms with Crippen LogP contribution in [-0.2, 0) is 17.8 Å². The lowest BCUT2D eigenvalue weighted by atomic mass is 10.1. The normalized spacial score (nSPS) is 12.4. The fourth-order valence-electron chi connectivity index (χ4n) is 3.28. The number of rotatable bonds is 8. The van der Waals surface area contributed by atoms with Crippen molar-refractivity contribution in [3.63, 3.8) is 0 Å². The van der Waals surface area contributed by atoms with E-state index in [9.17, 15) is 4.79 Å². The van der Waals surface area contributed by atoms with Gasteiger partial charge in [-0.1, -0.05) is 35.3 Å². The monoisotopic (exact) mass is 500 g/mol. The standard InChI is InChI=1S/C25H22Cl2N2O5/c1-31-23-11-17(3-7-21(23)34-15-18-4-5-19(26)13-20(18)27)14-28-29-25(30)12-16-2-6-22-24(10-16)33-9-8-32-22/h2-7,10-11,13-14H,8-9,12,15H2,1H3,(H,29,30)/b28-14+. The quantitative estimate of drug-likeness (QED) is 0.346. The minimum atomic E-state index is -0.250. The summed E-state index contributed by atoms with van der Waals surface area (Å²) in [5.74, 6) is 2.16. The maximum absolute atomic E-state index is 12.3. The molecule has 34 heavy (non-hydrogen) atoms. The molecule has 0 radical (unpaired) electrons. The molecule has 0 bridgehead atoms. The Balaban J connectivity index is 1.33. The number of methoxy groups -OCH3 is 1. The Morgan fingerprint density at radius 1 is 1.03 bits per heavy atom. The molecule has 4 rings (SSSR count). The van der Waals surface area contributed by atoms with Crippen molar-refractivity contribution in [3.05, 3.63) is 81.3 Å². The highest BCUT2D eigenvalue weighted by Crippen LogP contribution is 2.31. The van der Waals surface area contributed by atoms with Crippen LogP contribution >= 0.6 is 23.2 Å². The summed E-state index contributed by atoms with van der Waals surface area (Å²) in [5, 5.41) is 5.13. The largest absolute Gasteiger partial charge is 0.493 e. The predicted molar refractivity (Wildman–Crippen MR) is 131 cm³/mol. The number of fused-ring (bicyclic) bond motifs is 1. The number of nitrogens with one attached hydrogen (secondary N) is 1. The molecule has 0 aromatic heterocycles. The lowest BCUT2D eigenvalue weighted by Gasteiger charge is -2.18. The number of amides is 1. The van der Waals surface area contributed by atoms with Gasteiger partial charge in [0.15, 0.2) is 23.0 Å². The second-order valence-corrected chi connectivity index (χ2v) is 8.23. The summed E-state index contributed by atoms with van der Waals surface area (Å²) < 4.78 is 22.3. The van der Waals surface area contributed by atoms with Gasteiger partial charge in [-0.2, -0.15) is 5.10 Å². The topological polar surface area (TPSA) is 78.4 Å². The number of carbonyl (C=O) groups is 1. The first kappa shape index (κ1) is 23.7. The number of hydrazone groups is 1. The van der Waals surface area contributed by atoms with Gasteiger partial charge in [0.2, 0.25) is 5.91 Å². The zero-order chi connectivity index (χ0) is 23.9. The molecule has 1 N–H and O–H groups in total. The number of ether oxygens (including phenoxy) is 4. The van der Waals surface area contributed by atoms with Crippen LogP contribution in [0.2, 0.25) is 10.0 Å². The fourth-order valence-corrected chi connectivity index (χ4v) is 3.74. The third-order valence-electron chi connectivity index (χ3n) is 4.96. The van der Waals surface area contributed by atoms with Crippen molar-refractivity contribution in [2.24, 2.45) is 5.10 Å². The maximum Gasteiger partial charge on any atom is 0.244 e. The molecule has 0 saturated heterocycles. The number of hydrogen-bond donors (Lipinski definition) is 1. The number of benzene rings is 3. The van der Waals surface area contributed by atoms with Gasteiger partial charge in [-0.15, -0.1) is 0 Å². The number of hydrogen-bond acceptors (Lipinski definition) is 6. The second-order valence-electron chi connectivity index (χ2n) is 7.38. The van der Waals surface area contributed by atoms with Crippen LogP contribution in [0.5, 0.6) is 23.0 Å². The first-order valence-corrected chi connectivity index (χ1v) is 11.2. The molecule has 3 aromatic rings. The molecule has 176 valence electrons. The molecule has 1 heterocycles. The molecular formula is C25H22Cl2N2O5. The summed E-state index contributed by atoms with van der Waals surface area (Å²) in [6.45, 7) is 1.28. The van der Waals surface area contributed by atoms with Gasteiger partial charge in [-0.05, 0) is 53.6 Å². The third-order valence-corrected chi connectivity index (χ3v) is 5.55. The molecule has 9 heteroatoms. The molecule has 0 saturated carbocycles. The average Bonchev–Trinajstić information content (AvgIpc) is 2.84. The minimum Gasteiger partial charge on any atom is -0.493 e. The lowest BCUT2D eigenvalue weighted by Crippen LogP contribution is -2.20. The van der Waals surface area contributed by atoms with Crippen molar-refractivity contribution >= 4 is 35.3 Å². The molecule has 0 unspecified atom stereocenters. The van der Waals surface area contributed by atoms with E-state index in [2.05, 4.69) is 10.5 Å². The molecule has 0 fully saturated rings. The van der Waals surface area contributed by atoms with Crippen molar-refractivity contribution in [1.82, 2.24) is 5.43 Å². The van der Waals surface area contributed by atoms with E-state index in [1.807, 2.05) is 12.1 Å². The predicted octanol–water partition coefficient (Wildman–Crippen LogP) is 5.05. The SMILES string of the molecule is COc1cc(/C=N/NC(=O)Cc2ccc3c(c2)OCCO3)ccc1OCc1ccc(Cl)cc1Cl. The van der Waals surface area contributed by atoms with Crippen molar-refractivity contribution in [3.8, 4) is 23.0 Å². The van der Waals surface area contributed by atoms with Gasteiger partial charge in [0, 0.05) is 15.6 Å². The van der Waals surface area contributed by atoms with Crippen LogP contribution in [-0.4, -0.2) is 32.4 Å². The Hall–Kier alpha value is -3.42. The summed E-state index contributed by atoms with van der Waals surface area (Å²) in [7, 11) is 1.55. The summed E-state index contributed by atoms with van der Waals surface area (Å²) in [5.41, 5.74) is 4.87. The third kappa shape index (κ3) is 6.12. The number of nitrogens with zero attached hydrogens (tertiary/aromatic N) is 1. The van der Waals surface area contributed by atoms with Crippen molar-refractivity contribution in [2.75, 3.05) is 20.3 Å². The smallest absolute Gasteiger partial charge is 0.244 e. The summed E-state index contributed by atoms with van der Waals surface area (Å²) >= 11 is 12.1. The van der Waals surface area contributed by atoms with E-state index in [-0.39, 0.29) is 18.9 Å². The highest BCUT2D eigenvalue weighted by atomic mass is 35.5. The molecule has 3 aromatic carbocycles. The highest BCUT2D eigenvalue weighted by molar-refractivity contribution is 6.35. The summed E-state index contributed by atoms with van der Waals surface area (Å²) in [6, 6.07) is 16.0. The van der Waals surface area contributed by atoms with Crippen LogP contribution in [0.4, 0.5) is 0 Å². The Morgan fingerprint density at radius 2 is 1.85 bits per heavy atom. The summed E-state index contributed by atoms with van der Waals surface area (Å²) in [6.07, 6.45) is 1.70. The number of halogens is 2. The van der Waals surface area contributed by atoms with Crippen LogP contribution in [0.1, 0.15) is 16.7 Å². The van der Waals surface area contributed by atoms with E-state index in [0.29, 0.717) is 46.3 Å². The average molecular weight is 501 g/mol. The molecular weight excluding hydrogens is 479 g/mol. The molecule has 0 atom stereocenters. The molecule has 7 nitrogen and oxygen atoms in total. The van der Waals surface area contributed by atoms with Crippen molar-refractivity contribution in [1.29, 1.82) is 0 Å². The van der Waals surface area contributed by atoms with E-state index in [1.165, 1.54) is 6.21 Å². The summed E-state index contributed by atoms with van der Waals surface area (Å²) in [4.78, 5) is 12.3. The maximum atomic E-state index is 12.3. The Labute approximate surface area is 207 Å². The van der Waals surface area contributed by atoms with E-state index in [1.54, 1.807) is 49.6 Å². The molecule has 1 amide bonds. The van der Waals surface area contributed by atoms with Crippen LogP contribution in [0.25, 0.3) is 0 Å². The van der Waals surface area contributed by atoms with E-state index < -0.39 is 0 Å². The van der Waals surface area contributed by atoms with Gasteiger partial charge >= 0.3 is 0 Å². The highest BCUT2D eigenvalue weighted by Gasteiger charge is 2.13. The van der Waals surface area contributed by atoms with Gasteiger partial charge in [-0.3, -0.25) is 4.79 Å². The van der Waals surface area contributed by atoms with Crippen LogP contribution in [0, 0.1) is 0 Å². The second kappa shape index (κ2) is 11.1. The van der Waals surface area contributed by atoms with Crippen LogP contribution < -0.4 is 24.4 Å². The Morgan fingerprint density at radius 3 is 2.65 bits per heavy atom. The molecule has 1 aliphatic rings. The lowest BCUT2D eigenvalue weighted by molar-refractivity contribution is -0.120.